The summed E-state index contributed by atoms with van der Waals surface area (Å²) in [7, 11) is 0. The first kappa shape index (κ1) is 12.6. The Morgan fingerprint density at radius 3 is 3.00 bits per heavy atom. The van der Waals surface area contributed by atoms with Crippen LogP contribution in [0, 0.1) is 0 Å². The molecule has 0 aliphatic carbocycles. The van der Waals surface area contributed by atoms with Gasteiger partial charge >= 0.3 is 0 Å². The Kier molecular flexibility index (Phi) is 3.83. The van der Waals surface area contributed by atoms with E-state index < -0.39 is 0 Å². The van der Waals surface area contributed by atoms with Gasteiger partial charge in [0.25, 0.3) is 0 Å². The molecule has 0 amide bonds. The van der Waals surface area contributed by atoms with Crippen molar-refractivity contribution in [1.29, 1.82) is 0 Å². The average Bonchev–Trinajstić information content (AvgIpc) is 2.27. The summed E-state index contributed by atoms with van der Waals surface area (Å²) in [6.45, 7) is 5.71. The van der Waals surface area contributed by atoms with Gasteiger partial charge in [-0.15, -0.1) is 0 Å². The summed E-state index contributed by atoms with van der Waals surface area (Å²) in [4.78, 5) is 10.9. The van der Waals surface area contributed by atoms with Crippen LogP contribution in [0.15, 0.2) is 10.7 Å². The number of halogens is 1. The van der Waals surface area contributed by atoms with Gasteiger partial charge in [0.2, 0.25) is 5.95 Å². The van der Waals surface area contributed by atoms with Crippen molar-refractivity contribution in [2.45, 2.75) is 32.4 Å². The highest BCUT2D eigenvalue weighted by atomic mass is 79.9. The van der Waals surface area contributed by atoms with E-state index in [1.807, 2.05) is 0 Å². The first-order valence-electron chi connectivity index (χ1n) is 5.78. The lowest BCUT2D eigenvalue weighted by atomic mass is 10.1. The summed E-state index contributed by atoms with van der Waals surface area (Å²) in [6.07, 6.45) is 1.20. The van der Waals surface area contributed by atoms with Gasteiger partial charge in [0.05, 0.1) is 18.8 Å². The summed E-state index contributed by atoms with van der Waals surface area (Å²) in [5.41, 5.74) is 5.75. The summed E-state index contributed by atoms with van der Waals surface area (Å²) < 4.78 is 6.37. The Bertz CT molecular complexity index is 381. The van der Waals surface area contributed by atoms with E-state index in [2.05, 4.69) is 44.6 Å². The predicted octanol–water partition coefficient (Wildman–Crippen LogP) is 1.82. The van der Waals surface area contributed by atoms with Crippen molar-refractivity contribution in [3.63, 3.8) is 0 Å². The van der Waals surface area contributed by atoms with Gasteiger partial charge in [-0.05, 0) is 29.3 Å². The number of ether oxygens (including phenoxy) is 1. The second kappa shape index (κ2) is 5.18. The molecule has 0 saturated carbocycles. The van der Waals surface area contributed by atoms with Crippen LogP contribution in [0.25, 0.3) is 0 Å². The second-order valence-corrected chi connectivity index (χ2v) is 5.09. The fourth-order valence-electron chi connectivity index (χ4n) is 1.98. The standard InChI is InChI=1S/C11H17BrN4O/c1-3-8-6-17-7(2)5-16(8)11-14-9(12)4-10(13)15-11/h4,7-8H,3,5-6H2,1-2H3,(H2,13,14,15). The minimum absolute atomic E-state index is 0.196. The number of nitrogens with zero attached hydrogens (tertiary/aromatic N) is 3. The van der Waals surface area contributed by atoms with Gasteiger partial charge in [0.15, 0.2) is 0 Å². The summed E-state index contributed by atoms with van der Waals surface area (Å²) in [5, 5.41) is 0. The molecule has 1 aliphatic rings. The van der Waals surface area contributed by atoms with E-state index in [0.717, 1.165) is 13.0 Å². The van der Waals surface area contributed by atoms with Gasteiger partial charge in [0.1, 0.15) is 10.4 Å². The normalized spacial score (nSPS) is 25.0. The third kappa shape index (κ3) is 2.87. The molecular weight excluding hydrogens is 284 g/mol. The number of aromatic nitrogens is 2. The molecule has 1 aromatic heterocycles. The topological polar surface area (TPSA) is 64.3 Å². The zero-order valence-corrected chi connectivity index (χ0v) is 11.6. The van der Waals surface area contributed by atoms with Crippen molar-refractivity contribution in [1.82, 2.24) is 9.97 Å². The Balaban J connectivity index is 2.28. The van der Waals surface area contributed by atoms with E-state index >= 15 is 0 Å². The molecule has 2 rings (SSSR count). The number of rotatable bonds is 2. The molecule has 0 radical (unpaired) electrons. The summed E-state index contributed by atoms with van der Waals surface area (Å²) in [6, 6.07) is 2.02. The molecule has 5 nitrogen and oxygen atoms in total. The Labute approximate surface area is 110 Å². The van der Waals surface area contributed by atoms with Crippen molar-refractivity contribution >= 4 is 27.7 Å². The van der Waals surface area contributed by atoms with Gasteiger partial charge in [-0.1, -0.05) is 6.92 Å². The van der Waals surface area contributed by atoms with Crippen LogP contribution in [0.5, 0.6) is 0 Å². The van der Waals surface area contributed by atoms with E-state index in [4.69, 9.17) is 10.5 Å². The van der Waals surface area contributed by atoms with E-state index in [0.29, 0.717) is 29.0 Å². The highest BCUT2D eigenvalue weighted by molar-refractivity contribution is 9.10. The van der Waals surface area contributed by atoms with E-state index in [9.17, 15) is 0 Å². The van der Waals surface area contributed by atoms with Crippen LogP contribution in [0.4, 0.5) is 11.8 Å². The zero-order chi connectivity index (χ0) is 12.4. The van der Waals surface area contributed by atoms with E-state index in [-0.39, 0.29) is 6.10 Å². The lowest BCUT2D eigenvalue weighted by Gasteiger charge is -2.38. The van der Waals surface area contributed by atoms with E-state index in [1.165, 1.54) is 0 Å². The number of morpholine rings is 1. The molecule has 0 aromatic carbocycles. The first-order chi connectivity index (χ1) is 8.10. The lowest BCUT2D eigenvalue weighted by Crippen LogP contribution is -2.49. The molecule has 2 heterocycles. The number of anilines is 2. The number of hydrogen-bond acceptors (Lipinski definition) is 5. The van der Waals surface area contributed by atoms with Crippen LogP contribution in [-0.2, 0) is 4.74 Å². The molecule has 2 unspecified atom stereocenters. The molecule has 94 valence electrons. The predicted molar refractivity (Wildman–Crippen MR) is 71.0 cm³/mol. The quantitative estimate of drug-likeness (QED) is 0.844. The van der Waals surface area contributed by atoms with Gasteiger partial charge in [-0.25, -0.2) is 4.98 Å². The second-order valence-electron chi connectivity index (χ2n) is 4.27. The molecule has 1 aromatic rings. The molecule has 6 heteroatoms. The van der Waals surface area contributed by atoms with Crippen LogP contribution in [-0.4, -0.2) is 35.3 Å². The van der Waals surface area contributed by atoms with Crippen LogP contribution in [0.2, 0.25) is 0 Å². The molecule has 2 atom stereocenters. The van der Waals surface area contributed by atoms with Crippen LogP contribution < -0.4 is 10.6 Å². The maximum Gasteiger partial charge on any atom is 0.228 e. The maximum absolute atomic E-state index is 5.75. The van der Waals surface area contributed by atoms with Crippen molar-refractivity contribution in [2.75, 3.05) is 23.8 Å². The van der Waals surface area contributed by atoms with Gasteiger partial charge in [0, 0.05) is 12.6 Å². The van der Waals surface area contributed by atoms with Gasteiger partial charge < -0.3 is 15.4 Å². The molecule has 1 fully saturated rings. The highest BCUT2D eigenvalue weighted by Gasteiger charge is 2.27. The molecule has 0 bridgehead atoms. The van der Waals surface area contributed by atoms with Crippen LogP contribution >= 0.6 is 15.9 Å². The first-order valence-corrected chi connectivity index (χ1v) is 6.57. The van der Waals surface area contributed by atoms with Crippen molar-refractivity contribution in [3.05, 3.63) is 10.7 Å². The number of hydrogen-bond donors (Lipinski definition) is 1. The zero-order valence-electron chi connectivity index (χ0n) is 10.1. The Morgan fingerprint density at radius 2 is 2.35 bits per heavy atom. The number of nitrogens with two attached hydrogens (primary N) is 1. The fourth-order valence-corrected chi connectivity index (χ4v) is 2.37. The molecule has 1 saturated heterocycles. The largest absolute Gasteiger partial charge is 0.383 e. The highest BCUT2D eigenvalue weighted by Crippen LogP contribution is 2.22. The molecule has 2 N–H and O–H groups in total. The monoisotopic (exact) mass is 300 g/mol. The Morgan fingerprint density at radius 1 is 1.59 bits per heavy atom. The van der Waals surface area contributed by atoms with Gasteiger partial charge in [-0.3, -0.25) is 0 Å². The van der Waals surface area contributed by atoms with Gasteiger partial charge in [-0.2, -0.15) is 4.98 Å². The minimum atomic E-state index is 0.196. The SMILES string of the molecule is CCC1COC(C)CN1c1nc(N)cc(Br)n1. The minimum Gasteiger partial charge on any atom is -0.383 e. The summed E-state index contributed by atoms with van der Waals surface area (Å²) in [5.74, 6) is 1.16. The third-order valence-corrected chi connectivity index (χ3v) is 3.30. The summed E-state index contributed by atoms with van der Waals surface area (Å²) >= 11 is 3.35. The third-order valence-electron chi connectivity index (χ3n) is 2.90. The molecule has 0 spiro atoms. The smallest absolute Gasteiger partial charge is 0.228 e. The molecular formula is C11H17BrN4O. The Hall–Kier alpha value is -0.880. The van der Waals surface area contributed by atoms with E-state index in [1.54, 1.807) is 6.07 Å². The fraction of sp³-hybridized carbons (Fsp3) is 0.636. The maximum atomic E-state index is 5.75. The lowest BCUT2D eigenvalue weighted by molar-refractivity contribution is 0.0292. The van der Waals surface area contributed by atoms with Crippen molar-refractivity contribution in [2.24, 2.45) is 0 Å². The average molecular weight is 301 g/mol. The van der Waals surface area contributed by atoms with Crippen LogP contribution in [0.1, 0.15) is 20.3 Å². The number of nitrogen functional groups attached to an aromatic ring is 1. The van der Waals surface area contributed by atoms with Crippen molar-refractivity contribution in [3.8, 4) is 0 Å². The molecule has 1 aliphatic heterocycles. The van der Waals surface area contributed by atoms with Crippen molar-refractivity contribution < 1.29 is 4.74 Å². The molecule has 17 heavy (non-hydrogen) atoms. The van der Waals surface area contributed by atoms with Crippen LogP contribution in [0.3, 0.4) is 0 Å².